The topological polar surface area (TPSA) is 66.5 Å². The van der Waals surface area contributed by atoms with Crippen LogP contribution < -0.4 is 5.73 Å². The van der Waals surface area contributed by atoms with Gasteiger partial charge in [0.25, 0.3) is 0 Å². The Balaban J connectivity index is 3.70. The van der Waals surface area contributed by atoms with E-state index in [9.17, 15) is 0 Å². The van der Waals surface area contributed by atoms with Crippen LogP contribution in [0.4, 0.5) is 0 Å². The summed E-state index contributed by atoms with van der Waals surface area (Å²) in [7, 11) is 0. The van der Waals surface area contributed by atoms with Crippen LogP contribution in [0.2, 0.25) is 0 Å². The first-order valence-electron chi connectivity index (χ1n) is 3.08. The van der Waals surface area contributed by atoms with Crippen LogP contribution in [0.25, 0.3) is 0 Å². The molecule has 0 radical (unpaired) electrons. The van der Waals surface area contributed by atoms with E-state index in [1.807, 2.05) is 0 Å². The highest BCUT2D eigenvalue weighted by molar-refractivity contribution is 4.83. The summed E-state index contributed by atoms with van der Waals surface area (Å²) in [6, 6.07) is 0. The Morgan fingerprint density at radius 1 is 1.67 bits per heavy atom. The number of rotatable bonds is 3. The minimum absolute atomic E-state index is 0.0257. The molecule has 9 heavy (non-hydrogen) atoms. The summed E-state index contributed by atoms with van der Waals surface area (Å²) in [5.74, 6) is 0. The van der Waals surface area contributed by atoms with Crippen molar-refractivity contribution < 1.29 is 10.2 Å². The average Bonchev–Trinajstić information content (AvgIpc) is 1.65. The summed E-state index contributed by atoms with van der Waals surface area (Å²) < 4.78 is 0. The second kappa shape index (κ2) is 3.15. The summed E-state index contributed by atoms with van der Waals surface area (Å²) >= 11 is 0. The van der Waals surface area contributed by atoms with Gasteiger partial charge >= 0.3 is 0 Å². The number of aliphatic hydroxyl groups is 2. The van der Waals surface area contributed by atoms with E-state index < -0.39 is 11.6 Å². The third-order valence-corrected chi connectivity index (χ3v) is 1.60. The average molecular weight is 133 g/mol. The summed E-state index contributed by atoms with van der Waals surface area (Å²) in [4.78, 5) is 0. The van der Waals surface area contributed by atoms with Crippen molar-refractivity contribution in [3.63, 3.8) is 0 Å². The van der Waals surface area contributed by atoms with Crippen molar-refractivity contribution in [3.8, 4) is 0 Å². The largest absolute Gasteiger partial charge is 0.396 e. The third-order valence-electron chi connectivity index (χ3n) is 1.60. The lowest BCUT2D eigenvalue weighted by atomic mass is 9.94. The molecule has 0 saturated carbocycles. The summed E-state index contributed by atoms with van der Waals surface area (Å²) in [6.45, 7) is 3.36. The van der Waals surface area contributed by atoms with Crippen molar-refractivity contribution in [3.05, 3.63) is 0 Å². The number of nitrogens with two attached hydrogens (primary N) is 1. The zero-order valence-electron chi connectivity index (χ0n) is 5.96. The van der Waals surface area contributed by atoms with Gasteiger partial charge in [0.1, 0.15) is 0 Å². The molecule has 0 aliphatic carbocycles. The SMILES string of the molecule is CC(O)C(C)(N)CCO. The molecule has 3 heteroatoms. The molecule has 2 unspecified atom stereocenters. The molecule has 0 aromatic rings. The van der Waals surface area contributed by atoms with Crippen molar-refractivity contribution >= 4 is 0 Å². The molecule has 0 saturated heterocycles. The molecule has 3 nitrogen and oxygen atoms in total. The zero-order chi connectivity index (χ0) is 7.49. The first-order chi connectivity index (χ1) is 4.00. The summed E-state index contributed by atoms with van der Waals surface area (Å²) in [5, 5.41) is 17.4. The van der Waals surface area contributed by atoms with Crippen LogP contribution in [-0.4, -0.2) is 28.5 Å². The lowest BCUT2D eigenvalue weighted by molar-refractivity contribution is 0.0908. The Morgan fingerprint density at radius 2 is 2.11 bits per heavy atom. The predicted octanol–water partition coefficient (Wildman–Crippen LogP) is -0.533. The minimum atomic E-state index is -0.644. The molecule has 0 aliphatic rings. The fourth-order valence-electron chi connectivity index (χ4n) is 0.450. The van der Waals surface area contributed by atoms with Crippen LogP contribution >= 0.6 is 0 Å². The highest BCUT2D eigenvalue weighted by Gasteiger charge is 2.23. The molecular weight excluding hydrogens is 118 g/mol. The van der Waals surface area contributed by atoms with Gasteiger partial charge in [0.15, 0.2) is 0 Å². The fraction of sp³-hybridized carbons (Fsp3) is 1.00. The number of aliphatic hydroxyl groups excluding tert-OH is 2. The van der Waals surface area contributed by atoms with Gasteiger partial charge in [0, 0.05) is 12.1 Å². The van der Waals surface area contributed by atoms with Gasteiger partial charge in [-0.05, 0) is 20.3 Å². The molecule has 0 fully saturated rings. The van der Waals surface area contributed by atoms with Gasteiger partial charge in [-0.1, -0.05) is 0 Å². The molecule has 0 bridgehead atoms. The Hall–Kier alpha value is -0.120. The van der Waals surface area contributed by atoms with Gasteiger partial charge in [-0.2, -0.15) is 0 Å². The minimum Gasteiger partial charge on any atom is -0.396 e. The molecule has 0 aromatic heterocycles. The van der Waals surface area contributed by atoms with E-state index in [0.29, 0.717) is 6.42 Å². The molecular formula is C6H15NO2. The first-order valence-corrected chi connectivity index (χ1v) is 3.08. The Bertz CT molecular complexity index is 81.1. The van der Waals surface area contributed by atoms with Gasteiger partial charge in [-0.25, -0.2) is 0 Å². The second-order valence-corrected chi connectivity index (χ2v) is 2.66. The quantitative estimate of drug-likeness (QED) is 0.484. The Kier molecular flexibility index (Phi) is 3.11. The van der Waals surface area contributed by atoms with E-state index in [1.54, 1.807) is 13.8 Å². The van der Waals surface area contributed by atoms with Crippen molar-refractivity contribution in [1.82, 2.24) is 0 Å². The monoisotopic (exact) mass is 133 g/mol. The van der Waals surface area contributed by atoms with Crippen LogP contribution in [0.3, 0.4) is 0 Å². The van der Waals surface area contributed by atoms with Gasteiger partial charge in [-0.3, -0.25) is 0 Å². The molecule has 0 heterocycles. The van der Waals surface area contributed by atoms with Crippen molar-refractivity contribution in [2.75, 3.05) is 6.61 Å². The summed E-state index contributed by atoms with van der Waals surface area (Å²) in [6.07, 6.45) is -0.130. The van der Waals surface area contributed by atoms with Crippen molar-refractivity contribution in [2.24, 2.45) is 5.73 Å². The van der Waals surface area contributed by atoms with E-state index in [4.69, 9.17) is 15.9 Å². The highest BCUT2D eigenvalue weighted by Crippen LogP contribution is 2.09. The zero-order valence-corrected chi connectivity index (χ0v) is 5.96. The van der Waals surface area contributed by atoms with Gasteiger partial charge < -0.3 is 15.9 Å². The smallest absolute Gasteiger partial charge is 0.0689 e. The maximum Gasteiger partial charge on any atom is 0.0689 e. The third kappa shape index (κ3) is 2.79. The molecule has 56 valence electrons. The number of hydrogen-bond acceptors (Lipinski definition) is 3. The van der Waals surface area contributed by atoms with Gasteiger partial charge in [0.2, 0.25) is 0 Å². The molecule has 0 aromatic carbocycles. The lowest BCUT2D eigenvalue weighted by Crippen LogP contribution is -2.47. The second-order valence-electron chi connectivity index (χ2n) is 2.66. The van der Waals surface area contributed by atoms with E-state index in [-0.39, 0.29) is 6.61 Å². The van der Waals surface area contributed by atoms with E-state index in [0.717, 1.165) is 0 Å². The standard InChI is InChI=1S/C6H15NO2/c1-5(9)6(2,7)3-4-8/h5,8-9H,3-4,7H2,1-2H3. The number of hydrogen-bond donors (Lipinski definition) is 3. The molecule has 0 rings (SSSR count). The van der Waals surface area contributed by atoms with Crippen LogP contribution in [0.15, 0.2) is 0 Å². The maximum absolute atomic E-state index is 8.98. The molecule has 4 N–H and O–H groups in total. The Morgan fingerprint density at radius 3 is 2.22 bits per heavy atom. The van der Waals surface area contributed by atoms with Crippen LogP contribution in [0.5, 0.6) is 0 Å². The Labute approximate surface area is 55.5 Å². The van der Waals surface area contributed by atoms with Gasteiger partial charge in [-0.15, -0.1) is 0 Å². The fourth-order valence-corrected chi connectivity index (χ4v) is 0.450. The van der Waals surface area contributed by atoms with Crippen LogP contribution in [0, 0.1) is 0 Å². The van der Waals surface area contributed by atoms with Crippen LogP contribution in [-0.2, 0) is 0 Å². The highest BCUT2D eigenvalue weighted by atomic mass is 16.3. The van der Waals surface area contributed by atoms with Crippen molar-refractivity contribution in [1.29, 1.82) is 0 Å². The maximum atomic E-state index is 8.98. The van der Waals surface area contributed by atoms with Crippen molar-refractivity contribution in [2.45, 2.75) is 31.9 Å². The van der Waals surface area contributed by atoms with Gasteiger partial charge in [0.05, 0.1) is 6.10 Å². The summed E-state index contributed by atoms with van der Waals surface area (Å²) in [5.41, 5.74) is 4.92. The van der Waals surface area contributed by atoms with E-state index in [2.05, 4.69) is 0 Å². The lowest BCUT2D eigenvalue weighted by Gasteiger charge is -2.26. The first kappa shape index (κ1) is 8.88. The van der Waals surface area contributed by atoms with E-state index in [1.165, 1.54) is 0 Å². The van der Waals surface area contributed by atoms with E-state index >= 15 is 0 Å². The molecule has 0 amide bonds. The predicted molar refractivity (Wildman–Crippen MR) is 36.0 cm³/mol. The van der Waals surface area contributed by atoms with Crippen LogP contribution in [0.1, 0.15) is 20.3 Å². The molecule has 0 aliphatic heterocycles. The normalized spacial score (nSPS) is 21.0. The molecule has 2 atom stereocenters. The molecule has 0 spiro atoms.